The van der Waals surface area contributed by atoms with Crippen LogP contribution in [0.5, 0.6) is 0 Å². The number of rotatable bonds is 3. The molecule has 6 heteroatoms. The summed E-state index contributed by atoms with van der Waals surface area (Å²) in [7, 11) is -0.118. The molecule has 4 rings (SSSR count). The van der Waals surface area contributed by atoms with E-state index in [0.717, 1.165) is 35.3 Å². The summed E-state index contributed by atoms with van der Waals surface area (Å²) in [6.07, 6.45) is 1.84. The van der Waals surface area contributed by atoms with E-state index in [1.807, 2.05) is 24.3 Å². The molecule has 1 saturated carbocycles. The molecule has 1 heterocycles. The van der Waals surface area contributed by atoms with Crippen LogP contribution in [0.3, 0.4) is 0 Å². The van der Waals surface area contributed by atoms with E-state index >= 15 is 0 Å². The van der Waals surface area contributed by atoms with Crippen molar-refractivity contribution in [3.05, 3.63) is 35.7 Å². The molecule has 5 nitrogen and oxygen atoms in total. The number of benzene rings is 1. The summed E-state index contributed by atoms with van der Waals surface area (Å²) >= 11 is 0. The van der Waals surface area contributed by atoms with E-state index in [1.165, 1.54) is 4.31 Å². The molecular formula is C18H23N3O2S. The monoisotopic (exact) mass is 345 g/mol. The van der Waals surface area contributed by atoms with Gasteiger partial charge in [0, 0.05) is 25.4 Å². The van der Waals surface area contributed by atoms with Crippen molar-refractivity contribution >= 4 is 21.1 Å². The van der Waals surface area contributed by atoms with Crippen molar-refractivity contribution in [2.75, 3.05) is 19.8 Å². The van der Waals surface area contributed by atoms with Crippen LogP contribution in [0.25, 0.3) is 11.0 Å². The van der Waals surface area contributed by atoms with Crippen molar-refractivity contribution < 1.29 is 8.42 Å². The van der Waals surface area contributed by atoms with Gasteiger partial charge in [0.2, 0.25) is 10.0 Å². The topological polar surface area (TPSA) is 63.2 Å². The van der Waals surface area contributed by atoms with Gasteiger partial charge >= 0.3 is 0 Å². The lowest BCUT2D eigenvalue weighted by Crippen LogP contribution is -2.45. The average molecular weight is 345 g/mol. The number of aromatic nitrogens is 2. The molecule has 0 aliphatic heterocycles. The minimum atomic E-state index is -3.33. The number of nitrogens with zero attached hydrogens (tertiary/aromatic N) is 3. The van der Waals surface area contributed by atoms with Gasteiger partial charge in [-0.15, -0.1) is 0 Å². The zero-order valence-corrected chi connectivity index (χ0v) is 15.4. The third-order valence-corrected chi connectivity index (χ3v) is 8.30. The molecule has 1 aromatic heterocycles. The standard InChI is InChI=1S/C18H23N3O2S/c1-17(2)12-9-10-18(17,11-24(22,23)21(3)4)16-15(12)19-13-7-5-6-8-14(13)20-16/h5-8,12H,9-11H2,1-4H3/t12-,18-/m1/s1. The van der Waals surface area contributed by atoms with Gasteiger partial charge in [-0.25, -0.2) is 22.7 Å². The number of hydrogen-bond acceptors (Lipinski definition) is 4. The van der Waals surface area contributed by atoms with E-state index in [0.29, 0.717) is 0 Å². The summed E-state index contributed by atoms with van der Waals surface area (Å²) < 4.78 is 26.7. The summed E-state index contributed by atoms with van der Waals surface area (Å²) in [5, 5.41) is 0. The first kappa shape index (κ1) is 16.0. The summed E-state index contributed by atoms with van der Waals surface area (Å²) in [4.78, 5) is 9.79. The van der Waals surface area contributed by atoms with Crippen LogP contribution in [-0.4, -0.2) is 42.5 Å². The SMILES string of the molecule is CN(C)S(=O)(=O)C[C@]12CC[C@H](c3nc4ccccc4nc31)C2(C)C. The Bertz CT molecular complexity index is 936. The van der Waals surface area contributed by atoms with Crippen LogP contribution in [0.1, 0.15) is 44.0 Å². The molecule has 0 N–H and O–H groups in total. The highest BCUT2D eigenvalue weighted by Gasteiger charge is 2.65. The van der Waals surface area contributed by atoms with Crippen LogP contribution in [0, 0.1) is 5.41 Å². The number of hydrogen-bond donors (Lipinski definition) is 0. The molecule has 0 amide bonds. The number of para-hydroxylation sites is 2. The smallest absolute Gasteiger partial charge is 0.214 e. The van der Waals surface area contributed by atoms with Crippen LogP contribution in [0.2, 0.25) is 0 Å². The maximum atomic E-state index is 12.7. The van der Waals surface area contributed by atoms with E-state index in [9.17, 15) is 8.42 Å². The highest BCUT2D eigenvalue weighted by Crippen LogP contribution is 2.67. The zero-order valence-electron chi connectivity index (χ0n) is 14.6. The number of sulfonamides is 1. The van der Waals surface area contributed by atoms with Gasteiger partial charge in [0.1, 0.15) is 0 Å². The molecule has 2 aromatic rings. The molecular weight excluding hydrogens is 322 g/mol. The third kappa shape index (κ3) is 1.87. The molecule has 128 valence electrons. The fourth-order valence-corrected chi connectivity index (χ4v) is 6.22. The summed E-state index contributed by atoms with van der Waals surface area (Å²) in [6, 6.07) is 7.85. The summed E-state index contributed by atoms with van der Waals surface area (Å²) in [5.74, 6) is 0.387. The van der Waals surface area contributed by atoms with Gasteiger partial charge in [-0.2, -0.15) is 0 Å². The fourth-order valence-electron chi connectivity index (χ4n) is 4.69. The second kappa shape index (κ2) is 4.76. The van der Waals surface area contributed by atoms with Crippen LogP contribution >= 0.6 is 0 Å². The van der Waals surface area contributed by atoms with Gasteiger partial charge in [-0.1, -0.05) is 26.0 Å². The minimum Gasteiger partial charge on any atom is -0.249 e. The molecule has 1 fully saturated rings. The Labute approximate surface area is 143 Å². The van der Waals surface area contributed by atoms with Gasteiger partial charge < -0.3 is 0 Å². The largest absolute Gasteiger partial charge is 0.249 e. The second-order valence-corrected chi connectivity index (χ2v) is 10.1. The van der Waals surface area contributed by atoms with Gasteiger partial charge in [-0.05, 0) is 30.4 Å². The van der Waals surface area contributed by atoms with Crippen molar-refractivity contribution in [1.29, 1.82) is 0 Å². The first-order chi connectivity index (χ1) is 11.2. The Hall–Kier alpha value is -1.53. The minimum absolute atomic E-state index is 0.108. The Morgan fingerprint density at radius 2 is 1.79 bits per heavy atom. The van der Waals surface area contributed by atoms with Gasteiger partial charge in [0.05, 0.1) is 28.2 Å². The Morgan fingerprint density at radius 3 is 2.42 bits per heavy atom. The van der Waals surface area contributed by atoms with Crippen LogP contribution < -0.4 is 0 Å². The molecule has 2 bridgehead atoms. The molecule has 2 atom stereocenters. The van der Waals surface area contributed by atoms with Crippen molar-refractivity contribution in [2.45, 2.75) is 38.0 Å². The Kier molecular flexibility index (Phi) is 3.17. The molecule has 2 aliphatic rings. The lowest BCUT2D eigenvalue weighted by Gasteiger charge is -2.38. The highest BCUT2D eigenvalue weighted by atomic mass is 32.2. The summed E-state index contributed by atoms with van der Waals surface area (Å²) in [5.41, 5.74) is 3.06. The molecule has 24 heavy (non-hydrogen) atoms. The van der Waals surface area contributed by atoms with Crippen molar-refractivity contribution in [3.63, 3.8) is 0 Å². The van der Waals surface area contributed by atoms with Crippen molar-refractivity contribution in [3.8, 4) is 0 Å². The van der Waals surface area contributed by atoms with Crippen molar-refractivity contribution in [2.24, 2.45) is 5.41 Å². The lowest BCUT2D eigenvalue weighted by atomic mass is 9.70. The van der Waals surface area contributed by atoms with E-state index in [2.05, 4.69) is 13.8 Å². The van der Waals surface area contributed by atoms with Crippen molar-refractivity contribution in [1.82, 2.24) is 14.3 Å². The molecule has 0 radical (unpaired) electrons. The van der Waals surface area contributed by atoms with E-state index in [1.54, 1.807) is 14.1 Å². The number of fused-ring (bicyclic) bond motifs is 6. The first-order valence-corrected chi connectivity index (χ1v) is 9.97. The predicted molar refractivity (Wildman–Crippen MR) is 94.4 cm³/mol. The molecule has 0 saturated heterocycles. The first-order valence-electron chi connectivity index (χ1n) is 8.36. The Balaban J connectivity index is 1.96. The van der Waals surface area contributed by atoms with E-state index in [-0.39, 0.29) is 17.1 Å². The van der Waals surface area contributed by atoms with E-state index < -0.39 is 15.4 Å². The maximum Gasteiger partial charge on any atom is 0.214 e. The van der Waals surface area contributed by atoms with Crippen LogP contribution in [-0.2, 0) is 15.4 Å². The molecule has 2 aliphatic carbocycles. The molecule has 1 aromatic carbocycles. The predicted octanol–water partition coefficient (Wildman–Crippen LogP) is 2.68. The van der Waals surface area contributed by atoms with Gasteiger partial charge in [0.15, 0.2) is 0 Å². The Morgan fingerprint density at radius 1 is 1.17 bits per heavy atom. The van der Waals surface area contributed by atoms with Crippen LogP contribution in [0.15, 0.2) is 24.3 Å². The van der Waals surface area contributed by atoms with Crippen LogP contribution in [0.4, 0.5) is 0 Å². The third-order valence-electron chi connectivity index (χ3n) is 6.33. The maximum absolute atomic E-state index is 12.7. The quantitative estimate of drug-likeness (QED) is 0.858. The van der Waals surface area contributed by atoms with Gasteiger partial charge in [0.25, 0.3) is 0 Å². The second-order valence-electron chi connectivity index (χ2n) is 7.88. The van der Waals surface area contributed by atoms with Gasteiger partial charge in [-0.3, -0.25) is 0 Å². The molecule has 0 unspecified atom stereocenters. The summed E-state index contributed by atoms with van der Waals surface area (Å²) in [6.45, 7) is 4.37. The normalized spacial score (nSPS) is 27.8. The fraction of sp³-hybridized carbons (Fsp3) is 0.556. The molecule has 0 spiro atoms. The lowest BCUT2D eigenvalue weighted by molar-refractivity contribution is 0.227. The highest BCUT2D eigenvalue weighted by molar-refractivity contribution is 7.89. The average Bonchev–Trinajstić information content (AvgIpc) is 2.85. The van der Waals surface area contributed by atoms with E-state index in [4.69, 9.17) is 9.97 Å². The zero-order chi connectivity index (χ0) is 17.3.